The van der Waals surface area contributed by atoms with E-state index in [0.717, 1.165) is 23.3 Å². The molecule has 1 aliphatic rings. The maximum absolute atomic E-state index is 12.5. The number of hydrogen-bond acceptors (Lipinski definition) is 4. The van der Waals surface area contributed by atoms with Crippen LogP contribution < -0.4 is 0 Å². The molecule has 1 amide bonds. The van der Waals surface area contributed by atoms with Gasteiger partial charge in [-0.15, -0.1) is 11.3 Å². The molecular weight excluding hydrogens is 294 g/mol. The third kappa shape index (κ3) is 3.41. The van der Waals surface area contributed by atoms with Crippen LogP contribution in [0.4, 0.5) is 0 Å². The van der Waals surface area contributed by atoms with Crippen molar-refractivity contribution in [2.45, 2.75) is 37.9 Å². The van der Waals surface area contributed by atoms with Crippen molar-refractivity contribution >= 4 is 27.1 Å². The normalized spacial score (nSPS) is 20.7. The first-order valence-electron chi connectivity index (χ1n) is 6.98. The highest BCUT2D eigenvalue weighted by Gasteiger charge is 2.27. The van der Waals surface area contributed by atoms with Crippen molar-refractivity contribution in [1.82, 2.24) is 4.90 Å². The third-order valence-corrected chi connectivity index (χ3v) is 6.52. The van der Waals surface area contributed by atoms with E-state index in [1.54, 1.807) is 0 Å². The average Bonchev–Trinajstić information content (AvgIpc) is 2.71. The van der Waals surface area contributed by atoms with Crippen LogP contribution in [0.5, 0.6) is 0 Å². The van der Waals surface area contributed by atoms with Gasteiger partial charge in [-0.3, -0.25) is 4.79 Å². The summed E-state index contributed by atoms with van der Waals surface area (Å²) < 4.78 is 23.3. The maximum atomic E-state index is 12.5. The summed E-state index contributed by atoms with van der Waals surface area (Å²) in [5.74, 6) is 0.0611. The van der Waals surface area contributed by atoms with Crippen LogP contribution in [0, 0.1) is 0 Å². The molecule has 0 N–H and O–H groups in total. The van der Waals surface area contributed by atoms with Crippen LogP contribution in [0.25, 0.3) is 0 Å². The van der Waals surface area contributed by atoms with Crippen molar-refractivity contribution in [1.29, 1.82) is 0 Å². The molecule has 1 saturated heterocycles. The second-order valence-corrected chi connectivity index (χ2v) is 8.54. The van der Waals surface area contributed by atoms with E-state index < -0.39 is 9.84 Å². The molecule has 2 heterocycles. The van der Waals surface area contributed by atoms with Crippen LogP contribution in [0.2, 0.25) is 0 Å². The Balaban J connectivity index is 2.09. The lowest BCUT2D eigenvalue weighted by atomic mass is 10.2. The van der Waals surface area contributed by atoms with Crippen molar-refractivity contribution in [3.8, 4) is 0 Å². The Morgan fingerprint density at radius 2 is 2.15 bits per heavy atom. The lowest BCUT2D eigenvalue weighted by Gasteiger charge is -2.20. The van der Waals surface area contributed by atoms with Crippen molar-refractivity contribution in [2.24, 2.45) is 0 Å². The Bertz CT molecular complexity index is 577. The zero-order valence-electron chi connectivity index (χ0n) is 12.0. The van der Waals surface area contributed by atoms with E-state index in [2.05, 4.69) is 0 Å². The fraction of sp³-hybridized carbons (Fsp3) is 0.643. The number of carbonyl (C=O) groups is 1. The fourth-order valence-electron chi connectivity index (χ4n) is 2.64. The van der Waals surface area contributed by atoms with Crippen LogP contribution in [0.15, 0.2) is 11.4 Å². The van der Waals surface area contributed by atoms with Crippen molar-refractivity contribution < 1.29 is 13.2 Å². The van der Waals surface area contributed by atoms with E-state index in [-0.39, 0.29) is 11.2 Å². The molecule has 112 valence electrons. The second kappa shape index (κ2) is 6.26. The predicted octanol–water partition coefficient (Wildman–Crippen LogP) is 2.35. The topological polar surface area (TPSA) is 54.5 Å². The molecular formula is C14H21NO3S2. The monoisotopic (exact) mass is 315 g/mol. The molecule has 0 aromatic carbocycles. The first-order chi connectivity index (χ1) is 9.43. The van der Waals surface area contributed by atoms with Gasteiger partial charge in [0.2, 0.25) is 0 Å². The maximum Gasteiger partial charge on any atom is 0.264 e. The lowest BCUT2D eigenvalue weighted by molar-refractivity contribution is 0.0765. The van der Waals surface area contributed by atoms with Crippen LogP contribution >= 0.6 is 11.3 Å². The minimum absolute atomic E-state index is 0.0611. The summed E-state index contributed by atoms with van der Waals surface area (Å²) in [6.45, 7) is 3.24. The van der Waals surface area contributed by atoms with Crippen molar-refractivity contribution in [3.63, 3.8) is 0 Å². The SMILES string of the molecule is CCc1ccsc1C(=O)N1CCCC(S(C)(=O)=O)CC1. The van der Waals surface area contributed by atoms with E-state index >= 15 is 0 Å². The molecule has 0 bridgehead atoms. The summed E-state index contributed by atoms with van der Waals surface area (Å²) in [6, 6.07) is 2.00. The number of amides is 1. The van der Waals surface area contributed by atoms with Gasteiger partial charge >= 0.3 is 0 Å². The number of hydrogen-bond donors (Lipinski definition) is 0. The zero-order valence-corrected chi connectivity index (χ0v) is 13.6. The Kier molecular flexibility index (Phi) is 4.86. The summed E-state index contributed by atoms with van der Waals surface area (Å²) in [5.41, 5.74) is 1.09. The third-order valence-electron chi connectivity index (χ3n) is 3.89. The molecule has 1 aliphatic heterocycles. The molecule has 0 radical (unpaired) electrons. The van der Waals surface area contributed by atoms with Gasteiger partial charge in [-0.25, -0.2) is 8.42 Å². The van der Waals surface area contributed by atoms with Gasteiger partial charge in [-0.05, 0) is 42.7 Å². The van der Waals surface area contributed by atoms with Gasteiger partial charge in [0.05, 0.1) is 10.1 Å². The largest absolute Gasteiger partial charge is 0.338 e. The smallest absolute Gasteiger partial charge is 0.264 e. The van der Waals surface area contributed by atoms with E-state index in [4.69, 9.17) is 0 Å². The standard InChI is InChI=1S/C14H21NO3S2/c1-3-11-7-10-19-13(11)14(16)15-8-4-5-12(6-9-15)20(2,17)18/h7,10,12H,3-6,8-9H2,1-2H3. The highest BCUT2D eigenvalue weighted by molar-refractivity contribution is 7.91. The van der Waals surface area contributed by atoms with Crippen LogP contribution in [-0.2, 0) is 16.3 Å². The summed E-state index contributed by atoms with van der Waals surface area (Å²) in [6.07, 6.45) is 4.12. The minimum atomic E-state index is -3.00. The lowest BCUT2D eigenvalue weighted by Crippen LogP contribution is -2.32. The van der Waals surface area contributed by atoms with Gasteiger partial charge in [0.15, 0.2) is 0 Å². The minimum Gasteiger partial charge on any atom is -0.338 e. The number of thiophene rings is 1. The molecule has 6 heteroatoms. The van der Waals surface area contributed by atoms with E-state index in [1.807, 2.05) is 23.3 Å². The summed E-state index contributed by atoms with van der Waals surface area (Å²) in [7, 11) is -3.00. The summed E-state index contributed by atoms with van der Waals surface area (Å²) >= 11 is 1.48. The van der Waals surface area contributed by atoms with Gasteiger partial charge in [-0.1, -0.05) is 6.92 Å². The van der Waals surface area contributed by atoms with E-state index in [1.165, 1.54) is 17.6 Å². The average molecular weight is 315 g/mol. The fourth-order valence-corrected chi connectivity index (χ4v) is 4.73. The highest BCUT2D eigenvalue weighted by Crippen LogP contribution is 2.23. The molecule has 1 aromatic rings. The number of nitrogens with zero attached hydrogens (tertiary/aromatic N) is 1. The second-order valence-electron chi connectivity index (χ2n) is 5.30. The molecule has 20 heavy (non-hydrogen) atoms. The van der Waals surface area contributed by atoms with Crippen molar-refractivity contribution in [3.05, 3.63) is 21.9 Å². The molecule has 4 nitrogen and oxygen atoms in total. The van der Waals surface area contributed by atoms with Gasteiger partial charge in [0.1, 0.15) is 9.84 Å². The van der Waals surface area contributed by atoms with Gasteiger partial charge in [0, 0.05) is 19.3 Å². The molecule has 1 atom stereocenters. The first kappa shape index (κ1) is 15.5. The number of aryl methyl sites for hydroxylation is 1. The van der Waals surface area contributed by atoms with Crippen molar-refractivity contribution in [2.75, 3.05) is 19.3 Å². The zero-order chi connectivity index (χ0) is 14.8. The Labute approximate surface area is 124 Å². The molecule has 1 aromatic heterocycles. The van der Waals surface area contributed by atoms with Gasteiger partial charge in [-0.2, -0.15) is 0 Å². The molecule has 0 saturated carbocycles. The van der Waals surface area contributed by atoms with E-state index in [0.29, 0.717) is 25.9 Å². The number of carbonyl (C=O) groups excluding carboxylic acids is 1. The van der Waals surface area contributed by atoms with Crippen LogP contribution in [-0.4, -0.2) is 43.8 Å². The summed E-state index contributed by atoms with van der Waals surface area (Å²) in [4.78, 5) is 15.2. The predicted molar refractivity (Wildman–Crippen MR) is 82.1 cm³/mol. The quantitative estimate of drug-likeness (QED) is 0.860. The Morgan fingerprint density at radius 1 is 1.40 bits per heavy atom. The van der Waals surface area contributed by atoms with Gasteiger partial charge < -0.3 is 4.90 Å². The molecule has 0 aliphatic carbocycles. The molecule has 1 unspecified atom stereocenters. The van der Waals surface area contributed by atoms with Gasteiger partial charge in [0.25, 0.3) is 5.91 Å². The van der Waals surface area contributed by atoms with Crippen LogP contribution in [0.1, 0.15) is 41.4 Å². The van der Waals surface area contributed by atoms with E-state index in [9.17, 15) is 13.2 Å². The van der Waals surface area contributed by atoms with Crippen LogP contribution in [0.3, 0.4) is 0 Å². The number of sulfone groups is 1. The number of likely N-dealkylation sites (tertiary alicyclic amines) is 1. The number of rotatable bonds is 3. The molecule has 1 fully saturated rings. The Morgan fingerprint density at radius 3 is 2.80 bits per heavy atom. The Hall–Kier alpha value is -0.880. The molecule has 0 spiro atoms. The molecule has 2 rings (SSSR count). The highest BCUT2D eigenvalue weighted by atomic mass is 32.2. The first-order valence-corrected chi connectivity index (χ1v) is 9.81. The summed E-state index contributed by atoms with van der Waals surface area (Å²) in [5, 5.41) is 1.65.